The van der Waals surface area contributed by atoms with Crippen LogP contribution in [0.2, 0.25) is 0 Å². The van der Waals surface area contributed by atoms with Gasteiger partial charge in [0, 0.05) is 26.2 Å². The third-order valence-corrected chi connectivity index (χ3v) is 5.71. The maximum absolute atomic E-state index is 4.84. The molecule has 4 heterocycles. The lowest BCUT2D eigenvalue weighted by atomic mass is 10.1. The van der Waals surface area contributed by atoms with E-state index in [4.69, 9.17) is 10.2 Å². The van der Waals surface area contributed by atoms with Crippen LogP contribution < -0.4 is 0 Å². The minimum absolute atomic E-state index is 0.469. The quantitative estimate of drug-likeness (QED) is 0.562. The average molecular weight is 361 g/mol. The van der Waals surface area contributed by atoms with Gasteiger partial charge in [-0.2, -0.15) is 15.3 Å². The normalized spacial score (nSPS) is 19.1. The zero-order valence-corrected chi connectivity index (χ0v) is 16.3. The molecule has 0 N–H and O–H groups in total. The Morgan fingerprint density at radius 1 is 1.04 bits per heavy atom. The molecule has 7 heteroatoms. The van der Waals surface area contributed by atoms with Crippen molar-refractivity contribution < 1.29 is 0 Å². The standard InChI is InChI=1S/C20H23N7/c1-11-6-18(24-27-13(3)12(2)22-20(11)27)19-8-17(23-26(19)5)16-7-15(16)14-9-21-25(4)10-14/h6,8-10,15-16H,7H2,1-5H3. The highest BCUT2D eigenvalue weighted by molar-refractivity contribution is 5.61. The van der Waals surface area contributed by atoms with Crippen molar-refractivity contribution in [2.45, 2.75) is 39.0 Å². The van der Waals surface area contributed by atoms with Crippen molar-refractivity contribution in [3.8, 4) is 11.4 Å². The Bertz CT molecular complexity index is 1180. The molecule has 0 spiro atoms. The highest BCUT2D eigenvalue weighted by atomic mass is 15.3. The van der Waals surface area contributed by atoms with Crippen LogP contribution in [0.1, 0.15) is 46.5 Å². The summed E-state index contributed by atoms with van der Waals surface area (Å²) in [6, 6.07) is 4.29. The van der Waals surface area contributed by atoms with E-state index in [2.05, 4.69) is 42.3 Å². The van der Waals surface area contributed by atoms with Gasteiger partial charge in [-0.15, -0.1) is 0 Å². The summed E-state index contributed by atoms with van der Waals surface area (Å²) >= 11 is 0. The Morgan fingerprint density at radius 2 is 1.85 bits per heavy atom. The summed E-state index contributed by atoms with van der Waals surface area (Å²) in [5, 5.41) is 13.9. The molecule has 4 aromatic rings. The van der Waals surface area contributed by atoms with Crippen LogP contribution in [0.5, 0.6) is 0 Å². The largest absolute Gasteiger partial charge is 0.276 e. The Kier molecular flexibility index (Phi) is 3.32. The SMILES string of the molecule is Cc1nc2c(C)cc(-c3cc(C4CC4c4cnn(C)c4)nn3C)nn2c1C. The molecular weight excluding hydrogens is 338 g/mol. The van der Waals surface area contributed by atoms with Crippen molar-refractivity contribution in [3.05, 3.63) is 52.7 Å². The first-order valence-electron chi connectivity index (χ1n) is 9.29. The van der Waals surface area contributed by atoms with Crippen molar-refractivity contribution in [3.63, 3.8) is 0 Å². The van der Waals surface area contributed by atoms with E-state index >= 15 is 0 Å². The van der Waals surface area contributed by atoms with E-state index in [0.29, 0.717) is 11.8 Å². The van der Waals surface area contributed by atoms with E-state index < -0.39 is 0 Å². The van der Waals surface area contributed by atoms with Gasteiger partial charge in [0.2, 0.25) is 0 Å². The van der Waals surface area contributed by atoms with Crippen molar-refractivity contribution in [1.29, 1.82) is 0 Å². The van der Waals surface area contributed by atoms with Crippen LogP contribution >= 0.6 is 0 Å². The van der Waals surface area contributed by atoms with Gasteiger partial charge in [0.15, 0.2) is 5.65 Å². The first-order chi connectivity index (χ1) is 12.9. The van der Waals surface area contributed by atoms with E-state index in [1.54, 1.807) is 0 Å². The molecule has 0 aromatic carbocycles. The average Bonchev–Trinajstić information content (AvgIpc) is 3.01. The molecule has 0 bridgehead atoms. The highest BCUT2D eigenvalue weighted by Gasteiger charge is 2.42. The molecule has 1 saturated carbocycles. The van der Waals surface area contributed by atoms with Gasteiger partial charge in [-0.05, 0) is 56.4 Å². The van der Waals surface area contributed by atoms with Gasteiger partial charge in [-0.25, -0.2) is 9.50 Å². The topological polar surface area (TPSA) is 65.8 Å². The Labute approximate surface area is 157 Å². The van der Waals surface area contributed by atoms with E-state index in [0.717, 1.165) is 46.1 Å². The second-order valence-electron chi connectivity index (χ2n) is 7.70. The molecule has 1 aliphatic carbocycles. The number of nitrogens with zero attached hydrogens (tertiary/aromatic N) is 7. The molecular formula is C20H23N7. The maximum atomic E-state index is 4.84. The van der Waals surface area contributed by atoms with Crippen molar-refractivity contribution in [1.82, 2.24) is 34.2 Å². The van der Waals surface area contributed by atoms with Gasteiger partial charge in [-0.3, -0.25) is 9.36 Å². The van der Waals surface area contributed by atoms with Crippen LogP contribution in [0.4, 0.5) is 0 Å². The summed E-state index contributed by atoms with van der Waals surface area (Å²) in [7, 11) is 3.96. The molecule has 0 saturated heterocycles. The molecule has 5 rings (SSSR count). The van der Waals surface area contributed by atoms with E-state index in [1.807, 2.05) is 41.1 Å². The van der Waals surface area contributed by atoms with Crippen LogP contribution in [-0.2, 0) is 14.1 Å². The lowest BCUT2D eigenvalue weighted by Crippen LogP contribution is -2.02. The second kappa shape index (κ2) is 5.52. The zero-order valence-electron chi connectivity index (χ0n) is 16.3. The molecule has 1 fully saturated rings. The number of rotatable bonds is 3. The zero-order chi connectivity index (χ0) is 18.9. The minimum Gasteiger partial charge on any atom is -0.276 e. The number of hydrogen-bond acceptors (Lipinski definition) is 4. The number of hydrogen-bond donors (Lipinski definition) is 0. The van der Waals surface area contributed by atoms with Crippen LogP contribution in [0.15, 0.2) is 24.5 Å². The van der Waals surface area contributed by atoms with Gasteiger partial charge in [0.1, 0.15) is 5.69 Å². The first kappa shape index (κ1) is 16.2. The monoisotopic (exact) mass is 361 g/mol. The van der Waals surface area contributed by atoms with Crippen molar-refractivity contribution >= 4 is 5.65 Å². The fourth-order valence-corrected chi connectivity index (χ4v) is 3.94. The summed E-state index contributed by atoms with van der Waals surface area (Å²) < 4.78 is 5.76. The predicted octanol–water partition coefficient (Wildman–Crippen LogP) is 3.06. The lowest BCUT2D eigenvalue weighted by molar-refractivity contribution is 0.741. The maximum Gasteiger partial charge on any atom is 0.157 e. The van der Waals surface area contributed by atoms with Gasteiger partial charge in [-0.1, -0.05) is 0 Å². The fourth-order valence-electron chi connectivity index (χ4n) is 3.94. The fraction of sp³-hybridized carbons (Fsp3) is 0.400. The Morgan fingerprint density at radius 3 is 2.59 bits per heavy atom. The number of imidazole rings is 1. The van der Waals surface area contributed by atoms with Gasteiger partial charge >= 0.3 is 0 Å². The molecule has 4 aromatic heterocycles. The summed E-state index contributed by atoms with van der Waals surface area (Å²) in [6.45, 7) is 6.17. The molecule has 0 radical (unpaired) electrons. The summed E-state index contributed by atoms with van der Waals surface area (Å²) in [5.74, 6) is 0.994. The van der Waals surface area contributed by atoms with Crippen molar-refractivity contribution in [2.24, 2.45) is 14.1 Å². The van der Waals surface area contributed by atoms with Gasteiger partial charge in [0.05, 0.1) is 29.0 Å². The van der Waals surface area contributed by atoms with Gasteiger partial charge < -0.3 is 0 Å². The third kappa shape index (κ3) is 2.49. The van der Waals surface area contributed by atoms with E-state index in [-0.39, 0.29) is 0 Å². The molecule has 2 unspecified atom stereocenters. The first-order valence-corrected chi connectivity index (χ1v) is 9.29. The van der Waals surface area contributed by atoms with Crippen LogP contribution in [-0.4, -0.2) is 34.2 Å². The van der Waals surface area contributed by atoms with E-state index in [1.165, 1.54) is 5.56 Å². The summed E-state index contributed by atoms with van der Waals surface area (Å²) in [6.07, 6.45) is 5.21. The van der Waals surface area contributed by atoms with Crippen molar-refractivity contribution in [2.75, 3.05) is 0 Å². The predicted molar refractivity (Wildman–Crippen MR) is 103 cm³/mol. The lowest BCUT2D eigenvalue weighted by Gasteiger charge is -2.05. The molecule has 27 heavy (non-hydrogen) atoms. The van der Waals surface area contributed by atoms with Crippen LogP contribution in [0.25, 0.3) is 17.0 Å². The van der Waals surface area contributed by atoms with Crippen LogP contribution in [0, 0.1) is 20.8 Å². The molecule has 7 nitrogen and oxygen atoms in total. The summed E-state index contributed by atoms with van der Waals surface area (Å²) in [5.41, 5.74) is 8.56. The molecule has 2 atom stereocenters. The molecule has 138 valence electrons. The second-order valence-corrected chi connectivity index (χ2v) is 7.70. The Balaban J connectivity index is 1.52. The summed E-state index contributed by atoms with van der Waals surface area (Å²) in [4.78, 5) is 4.63. The number of fused-ring (bicyclic) bond motifs is 1. The molecule has 1 aliphatic rings. The Hall–Kier alpha value is -2.96. The minimum atomic E-state index is 0.469. The number of aromatic nitrogens is 7. The van der Waals surface area contributed by atoms with E-state index in [9.17, 15) is 0 Å². The molecule has 0 amide bonds. The molecule has 0 aliphatic heterocycles. The number of aryl methyl sites for hydroxylation is 5. The van der Waals surface area contributed by atoms with Gasteiger partial charge in [0.25, 0.3) is 0 Å². The third-order valence-electron chi connectivity index (χ3n) is 5.71. The van der Waals surface area contributed by atoms with Crippen LogP contribution in [0.3, 0.4) is 0 Å². The highest BCUT2D eigenvalue weighted by Crippen LogP contribution is 2.54. The smallest absolute Gasteiger partial charge is 0.157 e.